The van der Waals surface area contributed by atoms with Crippen molar-refractivity contribution in [3.8, 4) is 0 Å². The third-order valence-electron chi connectivity index (χ3n) is 4.17. The zero-order valence-electron chi connectivity index (χ0n) is 12.5. The van der Waals surface area contributed by atoms with Crippen LogP contribution >= 0.6 is 0 Å². The second kappa shape index (κ2) is 6.20. The number of hydrogen-bond donors (Lipinski definition) is 2. The summed E-state index contributed by atoms with van der Waals surface area (Å²) >= 11 is 0. The maximum absolute atomic E-state index is 12.4. The molecule has 0 aromatic heterocycles. The summed E-state index contributed by atoms with van der Waals surface area (Å²) < 4.78 is 0. The van der Waals surface area contributed by atoms with Gasteiger partial charge in [-0.1, -0.05) is 0 Å². The predicted molar refractivity (Wildman–Crippen MR) is 77.1 cm³/mol. The van der Waals surface area contributed by atoms with Gasteiger partial charge in [0.25, 0.3) is 0 Å². The Kier molecular flexibility index (Phi) is 4.81. The minimum absolute atomic E-state index is 0.200. The summed E-state index contributed by atoms with van der Waals surface area (Å²) in [6, 6.07) is 0.333. The number of rotatable bonds is 4. The molecule has 0 radical (unpaired) electrons. The number of nitrogens with zero attached hydrogens (tertiary/aromatic N) is 2. The van der Waals surface area contributed by atoms with Crippen LogP contribution in [0.2, 0.25) is 0 Å². The SMILES string of the molecule is CN1CCC(NC(=O)C(C)(C)CN2CCNCC2)C1. The molecule has 2 aliphatic heterocycles. The molecule has 2 N–H and O–H groups in total. The molecule has 110 valence electrons. The minimum atomic E-state index is -0.307. The summed E-state index contributed by atoms with van der Waals surface area (Å²) in [4.78, 5) is 17.1. The summed E-state index contributed by atoms with van der Waals surface area (Å²) in [5.41, 5.74) is -0.307. The van der Waals surface area contributed by atoms with Gasteiger partial charge in [0.05, 0.1) is 5.41 Å². The van der Waals surface area contributed by atoms with Gasteiger partial charge in [0.1, 0.15) is 0 Å². The highest BCUT2D eigenvalue weighted by molar-refractivity contribution is 5.82. The van der Waals surface area contributed by atoms with Crippen LogP contribution in [0.4, 0.5) is 0 Å². The van der Waals surface area contributed by atoms with Gasteiger partial charge in [-0.3, -0.25) is 9.69 Å². The van der Waals surface area contributed by atoms with Crippen LogP contribution in [-0.4, -0.2) is 74.6 Å². The molecule has 5 nitrogen and oxygen atoms in total. The van der Waals surface area contributed by atoms with Crippen LogP contribution in [0.1, 0.15) is 20.3 Å². The van der Waals surface area contributed by atoms with Gasteiger partial charge in [-0.25, -0.2) is 0 Å². The average molecular weight is 268 g/mol. The lowest BCUT2D eigenvalue weighted by Crippen LogP contribution is -2.52. The Morgan fingerprint density at radius 3 is 2.58 bits per heavy atom. The number of hydrogen-bond acceptors (Lipinski definition) is 4. The number of carbonyl (C=O) groups excluding carboxylic acids is 1. The first-order valence-corrected chi connectivity index (χ1v) is 7.40. The van der Waals surface area contributed by atoms with Gasteiger partial charge in [0.15, 0.2) is 0 Å². The van der Waals surface area contributed by atoms with Crippen LogP contribution in [0.15, 0.2) is 0 Å². The Bertz CT molecular complexity index is 313. The third kappa shape index (κ3) is 4.16. The van der Waals surface area contributed by atoms with Crippen molar-refractivity contribution in [2.75, 3.05) is 52.9 Å². The quantitative estimate of drug-likeness (QED) is 0.737. The minimum Gasteiger partial charge on any atom is -0.352 e. The van der Waals surface area contributed by atoms with E-state index >= 15 is 0 Å². The second-order valence-corrected chi connectivity index (χ2v) is 6.63. The topological polar surface area (TPSA) is 47.6 Å². The molecule has 2 rings (SSSR count). The van der Waals surface area contributed by atoms with Gasteiger partial charge in [-0.2, -0.15) is 0 Å². The van der Waals surface area contributed by atoms with Crippen molar-refractivity contribution in [3.05, 3.63) is 0 Å². The molecule has 0 aromatic rings. The zero-order valence-corrected chi connectivity index (χ0v) is 12.5. The van der Waals surface area contributed by atoms with E-state index in [0.717, 1.165) is 52.2 Å². The summed E-state index contributed by atoms with van der Waals surface area (Å²) in [7, 11) is 2.11. The highest BCUT2D eigenvalue weighted by Crippen LogP contribution is 2.19. The molecule has 19 heavy (non-hydrogen) atoms. The Labute approximate surface area is 116 Å². The number of likely N-dealkylation sites (tertiary alicyclic amines) is 1. The van der Waals surface area contributed by atoms with E-state index in [0.29, 0.717) is 6.04 Å². The van der Waals surface area contributed by atoms with E-state index in [2.05, 4.69) is 41.3 Å². The lowest BCUT2D eigenvalue weighted by atomic mass is 9.90. The molecule has 1 amide bonds. The molecule has 0 aromatic carbocycles. The van der Waals surface area contributed by atoms with Gasteiger partial charge in [-0.15, -0.1) is 0 Å². The highest BCUT2D eigenvalue weighted by Gasteiger charge is 2.33. The molecule has 2 saturated heterocycles. The molecule has 2 aliphatic rings. The molecule has 0 saturated carbocycles. The fourth-order valence-corrected chi connectivity index (χ4v) is 2.93. The Hall–Kier alpha value is -0.650. The molecular formula is C14H28N4O. The molecule has 0 spiro atoms. The van der Waals surface area contributed by atoms with Crippen molar-refractivity contribution >= 4 is 5.91 Å². The number of nitrogens with one attached hydrogen (secondary N) is 2. The van der Waals surface area contributed by atoms with Gasteiger partial charge in [0.2, 0.25) is 5.91 Å². The molecule has 2 fully saturated rings. The van der Waals surface area contributed by atoms with E-state index in [-0.39, 0.29) is 11.3 Å². The van der Waals surface area contributed by atoms with E-state index in [1.807, 2.05) is 0 Å². The number of likely N-dealkylation sites (N-methyl/N-ethyl adjacent to an activating group) is 1. The molecule has 1 atom stereocenters. The normalized spacial score (nSPS) is 26.6. The second-order valence-electron chi connectivity index (χ2n) is 6.63. The van der Waals surface area contributed by atoms with Crippen LogP contribution < -0.4 is 10.6 Å². The Morgan fingerprint density at radius 2 is 2.00 bits per heavy atom. The summed E-state index contributed by atoms with van der Waals surface area (Å²) in [5.74, 6) is 0.200. The molecule has 2 heterocycles. The smallest absolute Gasteiger partial charge is 0.227 e. The standard InChI is InChI=1S/C14H28N4O/c1-14(2,11-18-8-5-15-6-9-18)13(19)16-12-4-7-17(3)10-12/h12,15H,4-11H2,1-3H3,(H,16,19). The zero-order chi connectivity index (χ0) is 13.9. The number of piperazine rings is 1. The fourth-order valence-electron chi connectivity index (χ4n) is 2.93. The highest BCUT2D eigenvalue weighted by atomic mass is 16.2. The van der Waals surface area contributed by atoms with Gasteiger partial charge < -0.3 is 15.5 Å². The van der Waals surface area contributed by atoms with Crippen molar-refractivity contribution < 1.29 is 4.79 Å². The van der Waals surface area contributed by atoms with E-state index < -0.39 is 0 Å². The van der Waals surface area contributed by atoms with Crippen molar-refractivity contribution in [2.24, 2.45) is 5.41 Å². The van der Waals surface area contributed by atoms with Crippen LogP contribution in [0, 0.1) is 5.41 Å². The predicted octanol–water partition coefficient (Wildman–Crippen LogP) is -0.262. The van der Waals surface area contributed by atoms with Crippen molar-refractivity contribution in [1.82, 2.24) is 20.4 Å². The Morgan fingerprint density at radius 1 is 1.32 bits per heavy atom. The van der Waals surface area contributed by atoms with Crippen LogP contribution in [-0.2, 0) is 4.79 Å². The molecule has 1 unspecified atom stereocenters. The van der Waals surface area contributed by atoms with Crippen LogP contribution in [0.25, 0.3) is 0 Å². The van der Waals surface area contributed by atoms with Gasteiger partial charge >= 0.3 is 0 Å². The fraction of sp³-hybridized carbons (Fsp3) is 0.929. The van der Waals surface area contributed by atoms with E-state index in [9.17, 15) is 4.79 Å². The monoisotopic (exact) mass is 268 g/mol. The van der Waals surface area contributed by atoms with E-state index in [1.165, 1.54) is 0 Å². The summed E-state index contributed by atoms with van der Waals surface area (Å²) in [5, 5.41) is 6.56. The van der Waals surface area contributed by atoms with Crippen molar-refractivity contribution in [3.63, 3.8) is 0 Å². The molecular weight excluding hydrogens is 240 g/mol. The van der Waals surface area contributed by atoms with Crippen molar-refractivity contribution in [2.45, 2.75) is 26.3 Å². The maximum Gasteiger partial charge on any atom is 0.227 e. The summed E-state index contributed by atoms with van der Waals surface area (Å²) in [6.45, 7) is 11.2. The van der Waals surface area contributed by atoms with Crippen LogP contribution in [0.5, 0.6) is 0 Å². The molecule has 0 bridgehead atoms. The van der Waals surface area contributed by atoms with Crippen molar-refractivity contribution in [1.29, 1.82) is 0 Å². The number of carbonyl (C=O) groups is 1. The number of amides is 1. The maximum atomic E-state index is 12.4. The van der Waals surface area contributed by atoms with E-state index in [4.69, 9.17) is 0 Å². The lowest BCUT2D eigenvalue weighted by Gasteiger charge is -2.34. The first-order valence-electron chi connectivity index (χ1n) is 7.40. The molecule has 5 heteroatoms. The first-order chi connectivity index (χ1) is 8.97. The van der Waals surface area contributed by atoms with Gasteiger partial charge in [0, 0.05) is 45.3 Å². The van der Waals surface area contributed by atoms with Crippen LogP contribution in [0.3, 0.4) is 0 Å². The van der Waals surface area contributed by atoms with Gasteiger partial charge in [-0.05, 0) is 33.9 Å². The largest absolute Gasteiger partial charge is 0.352 e. The lowest BCUT2D eigenvalue weighted by molar-refractivity contribution is -0.131. The Balaban J connectivity index is 1.81. The first kappa shape index (κ1) is 14.8. The molecule has 0 aliphatic carbocycles. The average Bonchev–Trinajstić information content (AvgIpc) is 2.75. The summed E-state index contributed by atoms with van der Waals surface area (Å²) in [6.07, 6.45) is 1.08. The third-order valence-corrected chi connectivity index (χ3v) is 4.17. The van der Waals surface area contributed by atoms with E-state index in [1.54, 1.807) is 0 Å².